The van der Waals surface area contributed by atoms with Crippen LogP contribution in [0.15, 0.2) is 54.6 Å². The van der Waals surface area contributed by atoms with E-state index in [1.165, 1.54) is 5.56 Å². The van der Waals surface area contributed by atoms with Crippen LogP contribution in [0.2, 0.25) is 0 Å². The largest absolute Gasteiger partial charge is 0.475 e. The highest BCUT2D eigenvalue weighted by atomic mass is 16.5. The van der Waals surface area contributed by atoms with Gasteiger partial charge < -0.3 is 15.4 Å². The van der Waals surface area contributed by atoms with E-state index in [9.17, 15) is 4.79 Å². The summed E-state index contributed by atoms with van der Waals surface area (Å²) in [6, 6.07) is 17.4. The molecule has 0 bridgehead atoms. The lowest BCUT2D eigenvalue weighted by Crippen LogP contribution is -2.32. The number of carbonyl (C=O) groups is 1. The maximum atomic E-state index is 12.0. The molecule has 0 unspecified atom stereocenters. The van der Waals surface area contributed by atoms with Crippen LogP contribution < -0.4 is 15.4 Å². The summed E-state index contributed by atoms with van der Waals surface area (Å²) < 4.78 is 5.54. The molecule has 3 rings (SSSR count). The number of amides is 2. The lowest BCUT2D eigenvalue weighted by atomic mass is 10.1. The number of hydrogen-bond acceptors (Lipinski definition) is 4. The maximum absolute atomic E-state index is 12.0. The van der Waals surface area contributed by atoms with Crippen molar-refractivity contribution >= 4 is 11.7 Å². The number of urea groups is 1. The van der Waals surface area contributed by atoms with Crippen molar-refractivity contribution in [1.82, 2.24) is 15.5 Å². The molecule has 0 spiro atoms. The van der Waals surface area contributed by atoms with Gasteiger partial charge in [-0.05, 0) is 50.1 Å². The molecule has 0 aliphatic heterocycles. The molecule has 6 heteroatoms. The molecule has 0 atom stereocenters. The van der Waals surface area contributed by atoms with Crippen LogP contribution in [-0.4, -0.2) is 29.4 Å². The Balaban J connectivity index is 1.43. The van der Waals surface area contributed by atoms with Crippen molar-refractivity contribution in [3.05, 3.63) is 71.3 Å². The van der Waals surface area contributed by atoms with Gasteiger partial charge in [-0.25, -0.2) is 4.79 Å². The van der Waals surface area contributed by atoms with Crippen LogP contribution in [0.1, 0.15) is 16.7 Å². The summed E-state index contributed by atoms with van der Waals surface area (Å²) in [4.78, 5) is 12.0. The van der Waals surface area contributed by atoms with Crippen LogP contribution in [0.25, 0.3) is 11.3 Å². The predicted octanol–water partition coefficient (Wildman–Crippen LogP) is 4.27. The van der Waals surface area contributed by atoms with Gasteiger partial charge in [-0.1, -0.05) is 35.9 Å². The van der Waals surface area contributed by atoms with Crippen LogP contribution in [0.5, 0.6) is 5.88 Å². The predicted molar refractivity (Wildman–Crippen MR) is 111 cm³/mol. The van der Waals surface area contributed by atoms with E-state index in [1.807, 2.05) is 63.2 Å². The number of hydrogen-bond donors (Lipinski definition) is 2. The van der Waals surface area contributed by atoms with Crippen molar-refractivity contribution in [2.24, 2.45) is 0 Å². The normalized spacial score (nSPS) is 10.4. The standard InChI is InChI=1S/C22H24N4O2/c1-15-4-6-18(7-5-15)20-8-9-21(26-25-20)28-11-10-23-22(27)24-19-13-16(2)12-17(3)14-19/h4-9,12-14H,10-11H2,1-3H3,(H2,23,24,27). The second-order valence-corrected chi connectivity index (χ2v) is 6.73. The molecule has 0 aliphatic carbocycles. The number of carbonyl (C=O) groups excluding carboxylic acids is 1. The fraction of sp³-hybridized carbons (Fsp3) is 0.227. The van der Waals surface area contributed by atoms with Gasteiger partial charge in [0.05, 0.1) is 12.2 Å². The summed E-state index contributed by atoms with van der Waals surface area (Å²) in [7, 11) is 0. The lowest BCUT2D eigenvalue weighted by Gasteiger charge is -2.10. The van der Waals surface area contributed by atoms with E-state index in [0.717, 1.165) is 28.1 Å². The van der Waals surface area contributed by atoms with E-state index in [4.69, 9.17) is 4.74 Å². The quantitative estimate of drug-likeness (QED) is 0.630. The maximum Gasteiger partial charge on any atom is 0.319 e. The van der Waals surface area contributed by atoms with Crippen LogP contribution in [0.4, 0.5) is 10.5 Å². The summed E-state index contributed by atoms with van der Waals surface area (Å²) in [5.41, 5.74) is 5.98. The molecule has 2 amide bonds. The minimum absolute atomic E-state index is 0.269. The molecule has 1 aromatic heterocycles. The van der Waals surface area contributed by atoms with Gasteiger partial charge in [0.1, 0.15) is 6.61 Å². The van der Waals surface area contributed by atoms with Crippen molar-refractivity contribution in [3.8, 4) is 17.1 Å². The first-order valence-electron chi connectivity index (χ1n) is 9.16. The van der Waals surface area contributed by atoms with Gasteiger partial charge in [0.15, 0.2) is 0 Å². The number of nitrogens with zero attached hydrogens (tertiary/aromatic N) is 2. The smallest absolute Gasteiger partial charge is 0.319 e. The van der Waals surface area contributed by atoms with Gasteiger partial charge in [0.2, 0.25) is 5.88 Å². The van der Waals surface area contributed by atoms with Gasteiger partial charge in [-0.3, -0.25) is 0 Å². The van der Waals surface area contributed by atoms with Crippen molar-refractivity contribution in [1.29, 1.82) is 0 Å². The Morgan fingerprint density at radius 2 is 1.61 bits per heavy atom. The monoisotopic (exact) mass is 376 g/mol. The van der Waals surface area contributed by atoms with E-state index < -0.39 is 0 Å². The van der Waals surface area contributed by atoms with E-state index in [2.05, 4.69) is 26.9 Å². The molecule has 0 radical (unpaired) electrons. The summed E-state index contributed by atoms with van der Waals surface area (Å²) >= 11 is 0. The Labute approximate surface area is 165 Å². The van der Waals surface area contributed by atoms with Crippen molar-refractivity contribution in [3.63, 3.8) is 0 Å². The van der Waals surface area contributed by atoms with Crippen molar-refractivity contribution < 1.29 is 9.53 Å². The molecule has 2 aromatic carbocycles. The molecule has 6 nitrogen and oxygen atoms in total. The van der Waals surface area contributed by atoms with Crippen LogP contribution >= 0.6 is 0 Å². The second kappa shape index (κ2) is 8.99. The Kier molecular flexibility index (Phi) is 6.22. The summed E-state index contributed by atoms with van der Waals surface area (Å²) in [6.45, 7) is 6.70. The second-order valence-electron chi connectivity index (χ2n) is 6.73. The third-order valence-corrected chi connectivity index (χ3v) is 4.10. The lowest BCUT2D eigenvalue weighted by molar-refractivity contribution is 0.246. The Morgan fingerprint density at radius 1 is 0.893 bits per heavy atom. The SMILES string of the molecule is Cc1ccc(-c2ccc(OCCNC(=O)Nc3cc(C)cc(C)c3)nn2)cc1. The van der Waals surface area contributed by atoms with Crippen molar-refractivity contribution in [2.75, 3.05) is 18.5 Å². The number of anilines is 1. The zero-order valence-electron chi connectivity index (χ0n) is 16.3. The molecule has 0 saturated carbocycles. The summed E-state index contributed by atoms with van der Waals surface area (Å²) in [5.74, 6) is 0.423. The van der Waals surface area contributed by atoms with Crippen LogP contribution in [-0.2, 0) is 0 Å². The zero-order valence-corrected chi connectivity index (χ0v) is 16.3. The highest BCUT2D eigenvalue weighted by molar-refractivity contribution is 5.89. The number of nitrogens with one attached hydrogen (secondary N) is 2. The third-order valence-electron chi connectivity index (χ3n) is 4.10. The average molecular weight is 376 g/mol. The molecule has 3 aromatic rings. The highest BCUT2D eigenvalue weighted by Gasteiger charge is 2.04. The topological polar surface area (TPSA) is 76.1 Å². The molecule has 0 aliphatic rings. The minimum atomic E-state index is -0.269. The van der Waals surface area contributed by atoms with Gasteiger partial charge in [0.25, 0.3) is 0 Å². The molecular formula is C22H24N4O2. The molecule has 1 heterocycles. The molecule has 2 N–H and O–H groups in total. The molecule has 144 valence electrons. The molecule has 0 fully saturated rings. The van der Waals surface area contributed by atoms with E-state index in [-0.39, 0.29) is 6.03 Å². The zero-order chi connectivity index (χ0) is 19.9. The molecular weight excluding hydrogens is 352 g/mol. The highest BCUT2D eigenvalue weighted by Crippen LogP contribution is 2.18. The van der Waals surface area contributed by atoms with Gasteiger partial charge in [-0.2, -0.15) is 0 Å². The van der Waals surface area contributed by atoms with E-state index in [0.29, 0.717) is 19.0 Å². The first-order chi connectivity index (χ1) is 13.5. The minimum Gasteiger partial charge on any atom is -0.475 e. The Morgan fingerprint density at radius 3 is 2.25 bits per heavy atom. The third kappa shape index (κ3) is 5.54. The van der Waals surface area contributed by atoms with Crippen LogP contribution in [0.3, 0.4) is 0 Å². The summed E-state index contributed by atoms with van der Waals surface area (Å²) in [6.07, 6.45) is 0. The summed E-state index contributed by atoms with van der Waals surface area (Å²) in [5, 5.41) is 13.8. The Bertz CT molecular complexity index is 918. The molecule has 0 saturated heterocycles. The number of aromatic nitrogens is 2. The Hall–Kier alpha value is -3.41. The van der Waals surface area contributed by atoms with E-state index in [1.54, 1.807) is 6.07 Å². The number of aryl methyl sites for hydroxylation is 3. The first-order valence-corrected chi connectivity index (χ1v) is 9.16. The average Bonchev–Trinajstić information content (AvgIpc) is 2.65. The fourth-order valence-corrected chi connectivity index (χ4v) is 2.82. The van der Waals surface area contributed by atoms with Crippen LogP contribution in [0, 0.1) is 20.8 Å². The van der Waals surface area contributed by atoms with Gasteiger partial charge >= 0.3 is 6.03 Å². The fourth-order valence-electron chi connectivity index (χ4n) is 2.82. The molecule has 28 heavy (non-hydrogen) atoms. The number of benzene rings is 2. The van der Waals surface area contributed by atoms with Gasteiger partial charge in [-0.15, -0.1) is 10.2 Å². The first kappa shape index (κ1) is 19.4. The van der Waals surface area contributed by atoms with Crippen molar-refractivity contribution in [2.45, 2.75) is 20.8 Å². The number of ether oxygens (including phenoxy) is 1. The van der Waals surface area contributed by atoms with E-state index >= 15 is 0 Å². The number of rotatable bonds is 6. The van der Waals surface area contributed by atoms with Gasteiger partial charge in [0, 0.05) is 17.3 Å².